The van der Waals surface area contributed by atoms with Gasteiger partial charge in [0.05, 0.1) is 25.1 Å². The van der Waals surface area contributed by atoms with Gasteiger partial charge < -0.3 is 19.6 Å². The van der Waals surface area contributed by atoms with Crippen molar-refractivity contribution in [1.82, 2.24) is 24.2 Å². The van der Waals surface area contributed by atoms with E-state index in [1.54, 1.807) is 29.2 Å². The largest absolute Gasteiger partial charge is 0.496 e. The number of nitrogens with zero attached hydrogens (tertiary/aromatic N) is 4. The number of fused-ring (bicyclic) bond motifs is 1. The number of amides is 1. The van der Waals surface area contributed by atoms with Crippen LogP contribution in [0.25, 0.3) is 15.2 Å². The first kappa shape index (κ1) is 40.6. The predicted molar refractivity (Wildman–Crippen MR) is 230 cm³/mol. The van der Waals surface area contributed by atoms with Crippen LogP contribution in [0.5, 0.6) is 5.75 Å². The lowest BCUT2D eigenvalue weighted by molar-refractivity contribution is -0.122. The normalized spacial score (nSPS) is 19.2. The summed E-state index contributed by atoms with van der Waals surface area (Å²) in [5.74, 6) is -0.128. The molecule has 308 valence electrons. The van der Waals surface area contributed by atoms with E-state index in [-0.39, 0.29) is 18.6 Å². The number of halogens is 1. The highest BCUT2D eigenvalue weighted by Gasteiger charge is 2.51. The molecule has 8 rings (SSSR count). The van der Waals surface area contributed by atoms with E-state index in [0.717, 1.165) is 47.0 Å². The topological polar surface area (TPSA) is 130 Å². The molecule has 0 bridgehead atoms. The standard InChI is InChI=1S/C45H50FN5O6SSi/c1-29-39-41(53)51(36-22-24-47-40(36)52)44(54)49(43(39)58-42(29)50-25-11-23-48-50)28-38(35-26-31(46)18-21-37(35)56-4)57-32-19-16-30(17-20-32)27-45(2,3)59(55,33-12-7-5-8-13-33)34-14-9-6-10-15-34/h5-15,18,21,23,25-26,30,32,36,38,55H,16-17,19-20,22,24,27-28H2,1-4H3,(H,47,52)/t30-,32+,36-,38-/m0/s1. The average molecular weight is 836 g/mol. The molecule has 1 saturated carbocycles. The third-order valence-corrected chi connectivity index (χ3v) is 18.3. The lowest BCUT2D eigenvalue weighted by Crippen LogP contribution is -2.65. The van der Waals surface area contributed by atoms with Crippen molar-refractivity contribution in [2.75, 3.05) is 13.7 Å². The molecule has 4 heterocycles. The molecule has 0 spiro atoms. The van der Waals surface area contributed by atoms with Gasteiger partial charge in [0.25, 0.3) is 13.9 Å². The second-order valence-corrected chi connectivity index (χ2v) is 21.4. The molecule has 59 heavy (non-hydrogen) atoms. The number of rotatable bonds is 13. The fraction of sp³-hybridized carbons (Fsp3) is 0.378. The van der Waals surface area contributed by atoms with Gasteiger partial charge in [0.15, 0.2) is 0 Å². The van der Waals surface area contributed by atoms with Gasteiger partial charge in [0.2, 0.25) is 5.91 Å². The minimum absolute atomic E-state index is 0.0675. The Morgan fingerprint density at radius 3 is 2.24 bits per heavy atom. The first-order chi connectivity index (χ1) is 28.4. The first-order valence-electron chi connectivity index (χ1n) is 20.3. The number of hydrogen-bond acceptors (Lipinski definition) is 8. The highest BCUT2D eigenvalue weighted by atomic mass is 32.1. The van der Waals surface area contributed by atoms with E-state index in [0.29, 0.717) is 51.0 Å². The Hall–Kier alpha value is -5.15. The minimum atomic E-state index is -3.20. The van der Waals surface area contributed by atoms with Gasteiger partial charge in [-0.15, -0.1) is 0 Å². The lowest BCUT2D eigenvalue weighted by atomic mass is 9.82. The zero-order valence-electron chi connectivity index (χ0n) is 33.8. The van der Waals surface area contributed by atoms with Gasteiger partial charge in [-0.25, -0.2) is 18.4 Å². The summed E-state index contributed by atoms with van der Waals surface area (Å²) >= 11 is 1.26. The van der Waals surface area contributed by atoms with Crippen molar-refractivity contribution in [1.29, 1.82) is 0 Å². The molecule has 2 atom stereocenters. The van der Waals surface area contributed by atoms with E-state index in [9.17, 15) is 19.2 Å². The van der Waals surface area contributed by atoms with Crippen LogP contribution in [0.1, 0.15) is 75.6 Å². The molecule has 0 radical (unpaired) electrons. The van der Waals surface area contributed by atoms with Crippen LogP contribution in [-0.4, -0.2) is 57.7 Å². The quantitative estimate of drug-likeness (QED) is 0.133. The molecule has 3 aromatic heterocycles. The van der Waals surface area contributed by atoms with Crippen LogP contribution in [-0.2, 0) is 16.1 Å². The first-order valence-corrected chi connectivity index (χ1v) is 23.1. The van der Waals surface area contributed by atoms with E-state index in [1.165, 1.54) is 35.1 Å². The fourth-order valence-electron chi connectivity index (χ4n) is 9.44. The highest BCUT2D eigenvalue weighted by molar-refractivity contribution is 7.21. The van der Waals surface area contributed by atoms with E-state index < -0.39 is 42.6 Å². The number of carbonyl (C=O) groups is 1. The fourth-order valence-corrected chi connectivity index (χ4v) is 14.5. The molecule has 0 unspecified atom stereocenters. The molecular weight excluding hydrogens is 786 g/mol. The van der Waals surface area contributed by atoms with Crippen LogP contribution < -0.4 is 31.7 Å². The lowest BCUT2D eigenvalue weighted by Gasteiger charge is -2.44. The molecule has 2 N–H and O–H groups in total. The average Bonchev–Trinajstić information content (AvgIpc) is 4.01. The van der Waals surface area contributed by atoms with Crippen molar-refractivity contribution in [3.8, 4) is 10.8 Å². The van der Waals surface area contributed by atoms with Crippen LogP contribution in [0, 0.1) is 18.7 Å². The smallest absolute Gasteiger partial charge is 0.332 e. The summed E-state index contributed by atoms with van der Waals surface area (Å²) < 4.78 is 32.1. The molecule has 1 saturated heterocycles. The number of hydrogen-bond donors (Lipinski definition) is 2. The Labute approximate surface area is 347 Å². The Balaban J connectivity index is 1.12. The van der Waals surface area contributed by atoms with Crippen LogP contribution >= 0.6 is 11.3 Å². The summed E-state index contributed by atoms with van der Waals surface area (Å²) in [6, 6.07) is 25.2. The maximum Gasteiger partial charge on any atom is 0.332 e. The number of ether oxygens (including phenoxy) is 2. The molecule has 1 amide bonds. The van der Waals surface area contributed by atoms with Crippen molar-refractivity contribution in [2.24, 2.45) is 5.92 Å². The zero-order valence-corrected chi connectivity index (χ0v) is 35.6. The number of benzene rings is 3. The van der Waals surface area contributed by atoms with Crippen LogP contribution in [0.3, 0.4) is 0 Å². The second-order valence-electron chi connectivity index (χ2n) is 16.5. The van der Waals surface area contributed by atoms with Gasteiger partial charge in [0, 0.05) is 30.1 Å². The number of methoxy groups -OCH3 is 1. The third-order valence-electron chi connectivity index (χ3n) is 12.5. The van der Waals surface area contributed by atoms with Gasteiger partial charge in [0.1, 0.15) is 33.5 Å². The second kappa shape index (κ2) is 16.5. The number of aromatic nitrogens is 4. The Morgan fingerprint density at radius 1 is 0.966 bits per heavy atom. The van der Waals surface area contributed by atoms with E-state index in [1.807, 2.05) is 43.3 Å². The molecule has 1 aliphatic carbocycles. The minimum Gasteiger partial charge on any atom is -0.496 e. The van der Waals surface area contributed by atoms with Gasteiger partial charge in [-0.05, 0) is 91.0 Å². The Kier molecular flexibility index (Phi) is 11.3. The SMILES string of the molecule is COc1ccc(F)cc1[C@H](Cn1c(=O)n([C@H]2CCNC2=O)c(=O)c2c(C)c(-n3cccn3)sc21)O[C@H]1CC[C@@H](CC(C)(C)[Si](O)(c2ccccc2)c2ccccc2)CC1. The maximum atomic E-state index is 15.1. The summed E-state index contributed by atoms with van der Waals surface area (Å²) in [5, 5.41) is 9.73. The van der Waals surface area contributed by atoms with Crippen LogP contribution in [0.2, 0.25) is 5.04 Å². The molecule has 11 nitrogen and oxygen atoms in total. The van der Waals surface area contributed by atoms with Crippen LogP contribution in [0.15, 0.2) is 107 Å². The van der Waals surface area contributed by atoms with Gasteiger partial charge in [-0.1, -0.05) is 85.8 Å². The van der Waals surface area contributed by atoms with Crippen molar-refractivity contribution in [3.05, 3.63) is 135 Å². The van der Waals surface area contributed by atoms with E-state index in [4.69, 9.17) is 9.47 Å². The van der Waals surface area contributed by atoms with Crippen molar-refractivity contribution < 1.29 is 23.5 Å². The number of thiophene rings is 1. The molecule has 2 fully saturated rings. The molecule has 1 aliphatic heterocycles. The summed E-state index contributed by atoms with van der Waals surface area (Å²) in [4.78, 5) is 55.1. The summed E-state index contributed by atoms with van der Waals surface area (Å²) in [6.45, 7) is 6.50. The highest BCUT2D eigenvalue weighted by Crippen LogP contribution is 2.46. The molecular formula is C45H50FN5O6SSi. The number of nitrogens with one attached hydrogen (secondary N) is 1. The number of carbonyl (C=O) groups excluding carboxylic acids is 1. The molecule has 2 aliphatic rings. The monoisotopic (exact) mass is 835 g/mol. The Morgan fingerprint density at radius 2 is 1.64 bits per heavy atom. The summed E-state index contributed by atoms with van der Waals surface area (Å²) in [5.41, 5.74) is -0.0983. The van der Waals surface area contributed by atoms with Crippen molar-refractivity contribution >= 4 is 46.2 Å². The third kappa shape index (κ3) is 7.51. The van der Waals surface area contributed by atoms with E-state index in [2.05, 4.69) is 48.5 Å². The summed E-state index contributed by atoms with van der Waals surface area (Å²) in [6.07, 6.45) is 6.62. The maximum absolute atomic E-state index is 15.1. The van der Waals surface area contributed by atoms with Gasteiger partial charge in [-0.2, -0.15) is 5.10 Å². The van der Waals surface area contributed by atoms with Crippen molar-refractivity contribution in [3.63, 3.8) is 0 Å². The zero-order chi connectivity index (χ0) is 41.5. The predicted octanol–water partition coefficient (Wildman–Crippen LogP) is 6.17. The van der Waals surface area contributed by atoms with E-state index >= 15 is 4.39 Å². The molecule has 6 aromatic rings. The van der Waals surface area contributed by atoms with Crippen LogP contribution in [0.4, 0.5) is 4.39 Å². The summed E-state index contributed by atoms with van der Waals surface area (Å²) in [7, 11) is -1.69. The van der Waals surface area contributed by atoms with Gasteiger partial charge >= 0.3 is 5.69 Å². The molecule has 3 aromatic carbocycles. The molecule has 14 heteroatoms. The van der Waals surface area contributed by atoms with Crippen molar-refractivity contribution in [2.45, 2.75) is 89.1 Å². The number of aryl methyl sites for hydroxylation is 1. The van der Waals surface area contributed by atoms with Gasteiger partial charge in [-0.3, -0.25) is 14.2 Å². The Bertz CT molecular complexity index is 2530.